The molecule has 2 amide bonds. The van der Waals surface area contributed by atoms with Gasteiger partial charge in [-0.25, -0.2) is 4.98 Å². The summed E-state index contributed by atoms with van der Waals surface area (Å²) in [6, 6.07) is 11.7. The first kappa shape index (κ1) is 19.3. The summed E-state index contributed by atoms with van der Waals surface area (Å²) in [4.78, 5) is 37.2. The van der Waals surface area contributed by atoms with E-state index in [-0.39, 0.29) is 29.7 Å². The van der Waals surface area contributed by atoms with Crippen LogP contribution in [0.4, 0.5) is 0 Å². The molecule has 1 aliphatic carbocycles. The third-order valence-corrected chi connectivity index (χ3v) is 7.41. The van der Waals surface area contributed by atoms with E-state index in [1.807, 2.05) is 48.2 Å². The van der Waals surface area contributed by atoms with Crippen LogP contribution in [-0.2, 0) is 4.79 Å². The van der Waals surface area contributed by atoms with Crippen LogP contribution in [0.3, 0.4) is 0 Å². The molecule has 0 bridgehead atoms. The first-order valence-corrected chi connectivity index (χ1v) is 11.6. The van der Waals surface area contributed by atoms with Gasteiger partial charge in [0, 0.05) is 29.8 Å². The summed E-state index contributed by atoms with van der Waals surface area (Å²) in [7, 11) is 0. The van der Waals surface area contributed by atoms with E-state index in [4.69, 9.17) is 0 Å². The molecule has 3 heterocycles. The molecule has 0 spiro atoms. The van der Waals surface area contributed by atoms with Gasteiger partial charge in [0.2, 0.25) is 5.91 Å². The van der Waals surface area contributed by atoms with E-state index in [1.54, 1.807) is 0 Å². The highest BCUT2D eigenvalue weighted by Gasteiger charge is 2.46. The number of fused-ring (bicyclic) bond motifs is 1. The minimum Gasteiger partial charge on any atom is -0.349 e. The molecule has 2 aliphatic rings. The summed E-state index contributed by atoms with van der Waals surface area (Å²) in [6.07, 6.45) is 4.20. The zero-order valence-corrected chi connectivity index (χ0v) is 17.9. The molecule has 2 N–H and O–H groups in total. The Bertz CT molecular complexity index is 1050. The van der Waals surface area contributed by atoms with Gasteiger partial charge in [0.1, 0.15) is 5.82 Å². The molecule has 6 nitrogen and oxygen atoms in total. The summed E-state index contributed by atoms with van der Waals surface area (Å²) >= 11 is 1.49. The number of carbonyl (C=O) groups excluding carboxylic acids is 2. The topological polar surface area (TPSA) is 78.1 Å². The molecule has 1 saturated carbocycles. The molecule has 1 saturated heterocycles. The predicted octanol–water partition coefficient (Wildman–Crippen LogP) is 4.23. The van der Waals surface area contributed by atoms with Crippen LogP contribution in [0.15, 0.2) is 36.4 Å². The van der Waals surface area contributed by atoms with Gasteiger partial charge in [-0.15, -0.1) is 11.3 Å². The van der Waals surface area contributed by atoms with Crippen molar-refractivity contribution in [3.8, 4) is 0 Å². The predicted molar refractivity (Wildman–Crippen MR) is 118 cm³/mol. The van der Waals surface area contributed by atoms with Crippen molar-refractivity contribution in [3.05, 3.63) is 52.0 Å². The van der Waals surface area contributed by atoms with E-state index in [0.29, 0.717) is 0 Å². The molecule has 3 aromatic rings. The SMILES string of the molecule is C[C@@H](NC(=O)C1CC1c1nc2ccccc2[nH]1)c1ccc(C(=O)N2CCCCC2)s1. The number of H-pyrrole nitrogens is 1. The number of piperidine rings is 1. The molecule has 1 aromatic carbocycles. The Morgan fingerprint density at radius 2 is 1.97 bits per heavy atom. The van der Waals surface area contributed by atoms with Crippen molar-refractivity contribution in [2.75, 3.05) is 13.1 Å². The molecule has 2 unspecified atom stereocenters. The summed E-state index contributed by atoms with van der Waals surface area (Å²) in [5.74, 6) is 1.20. The summed E-state index contributed by atoms with van der Waals surface area (Å²) in [6.45, 7) is 3.68. The Balaban J connectivity index is 1.19. The summed E-state index contributed by atoms with van der Waals surface area (Å²) in [5, 5.41) is 3.13. The van der Waals surface area contributed by atoms with Crippen molar-refractivity contribution in [2.24, 2.45) is 5.92 Å². The van der Waals surface area contributed by atoms with Crippen LogP contribution in [0.1, 0.15) is 64.9 Å². The van der Waals surface area contributed by atoms with E-state index in [1.165, 1.54) is 17.8 Å². The Hall–Kier alpha value is -2.67. The van der Waals surface area contributed by atoms with E-state index in [2.05, 4.69) is 15.3 Å². The maximum absolute atomic E-state index is 12.8. The van der Waals surface area contributed by atoms with E-state index in [9.17, 15) is 9.59 Å². The number of aromatic nitrogens is 2. The Morgan fingerprint density at radius 1 is 1.17 bits per heavy atom. The van der Waals surface area contributed by atoms with Crippen molar-refractivity contribution in [1.82, 2.24) is 20.2 Å². The zero-order valence-electron chi connectivity index (χ0n) is 17.1. The number of aromatic amines is 1. The maximum Gasteiger partial charge on any atom is 0.263 e. The molecule has 3 atom stereocenters. The highest BCUT2D eigenvalue weighted by molar-refractivity contribution is 7.14. The molecule has 2 fully saturated rings. The minimum absolute atomic E-state index is 0.0394. The van der Waals surface area contributed by atoms with Crippen molar-refractivity contribution < 1.29 is 9.59 Å². The lowest BCUT2D eigenvalue weighted by molar-refractivity contribution is -0.123. The van der Waals surface area contributed by atoms with Crippen molar-refractivity contribution >= 4 is 34.2 Å². The third-order valence-electron chi connectivity index (χ3n) is 6.15. The standard InChI is InChI=1S/C23H26N4O2S/c1-14(19-9-10-20(30-19)23(29)27-11-5-2-6-12-27)24-22(28)16-13-15(16)21-25-17-7-3-4-8-18(17)26-21/h3-4,7-10,14-16H,2,5-6,11-13H2,1H3,(H,24,28)(H,25,26)/t14-,15?,16?/m1/s1. The number of benzene rings is 1. The van der Waals surface area contributed by atoms with Gasteiger partial charge < -0.3 is 15.2 Å². The fourth-order valence-corrected chi connectivity index (χ4v) is 5.26. The van der Waals surface area contributed by atoms with Gasteiger partial charge in [0.15, 0.2) is 0 Å². The molecule has 7 heteroatoms. The van der Waals surface area contributed by atoms with E-state index >= 15 is 0 Å². The van der Waals surface area contributed by atoms with Gasteiger partial charge in [-0.1, -0.05) is 12.1 Å². The van der Waals surface area contributed by atoms with Gasteiger partial charge in [-0.2, -0.15) is 0 Å². The highest BCUT2D eigenvalue weighted by Crippen LogP contribution is 2.47. The fraction of sp³-hybridized carbons (Fsp3) is 0.435. The second kappa shape index (κ2) is 7.87. The van der Waals surface area contributed by atoms with Crippen LogP contribution in [0, 0.1) is 5.92 Å². The quantitative estimate of drug-likeness (QED) is 0.646. The minimum atomic E-state index is -0.109. The van der Waals surface area contributed by atoms with Crippen LogP contribution in [-0.4, -0.2) is 39.8 Å². The van der Waals surface area contributed by atoms with Crippen LogP contribution >= 0.6 is 11.3 Å². The molecule has 2 aromatic heterocycles. The second-order valence-electron chi connectivity index (χ2n) is 8.37. The molecule has 0 radical (unpaired) electrons. The molecule has 30 heavy (non-hydrogen) atoms. The fourth-order valence-electron chi connectivity index (χ4n) is 4.28. The molecule has 5 rings (SSSR count). The largest absolute Gasteiger partial charge is 0.349 e. The summed E-state index contributed by atoms with van der Waals surface area (Å²) < 4.78 is 0. The molecular formula is C23H26N4O2S. The second-order valence-corrected chi connectivity index (χ2v) is 9.49. The molecule has 1 aliphatic heterocycles. The number of nitrogens with zero attached hydrogens (tertiary/aromatic N) is 2. The zero-order chi connectivity index (χ0) is 20.7. The van der Waals surface area contributed by atoms with Gasteiger partial charge in [0.05, 0.1) is 22.0 Å². The highest BCUT2D eigenvalue weighted by atomic mass is 32.1. The number of amides is 2. The number of imidazole rings is 1. The first-order valence-electron chi connectivity index (χ1n) is 10.7. The van der Waals surface area contributed by atoms with Crippen LogP contribution < -0.4 is 5.32 Å². The van der Waals surface area contributed by atoms with Crippen molar-refractivity contribution in [3.63, 3.8) is 0 Å². The average Bonchev–Trinajstić information content (AvgIpc) is 3.21. The van der Waals surface area contributed by atoms with Crippen LogP contribution in [0.5, 0.6) is 0 Å². The van der Waals surface area contributed by atoms with Crippen LogP contribution in [0.25, 0.3) is 11.0 Å². The molecular weight excluding hydrogens is 396 g/mol. The van der Waals surface area contributed by atoms with E-state index < -0.39 is 0 Å². The summed E-state index contributed by atoms with van der Waals surface area (Å²) in [5.41, 5.74) is 1.95. The van der Waals surface area contributed by atoms with Gasteiger partial charge in [-0.3, -0.25) is 9.59 Å². The third kappa shape index (κ3) is 3.74. The normalized spacial score (nSPS) is 22.1. The lowest BCUT2D eigenvalue weighted by Gasteiger charge is -2.26. The number of nitrogens with one attached hydrogen (secondary N) is 2. The van der Waals surface area contributed by atoms with Crippen molar-refractivity contribution in [1.29, 1.82) is 0 Å². The van der Waals surface area contributed by atoms with Gasteiger partial charge in [0.25, 0.3) is 5.91 Å². The number of rotatable bonds is 5. The van der Waals surface area contributed by atoms with Gasteiger partial charge in [-0.05, 0) is 56.9 Å². The monoisotopic (exact) mass is 422 g/mol. The number of thiophene rings is 1. The van der Waals surface area contributed by atoms with Crippen molar-refractivity contribution in [2.45, 2.75) is 44.6 Å². The van der Waals surface area contributed by atoms with E-state index in [0.717, 1.165) is 59.0 Å². The van der Waals surface area contributed by atoms with Crippen LogP contribution in [0.2, 0.25) is 0 Å². The first-order chi connectivity index (χ1) is 14.6. The lowest BCUT2D eigenvalue weighted by atomic mass is 10.1. The number of hydrogen-bond acceptors (Lipinski definition) is 4. The smallest absolute Gasteiger partial charge is 0.263 e. The number of likely N-dealkylation sites (tertiary alicyclic amines) is 1. The Morgan fingerprint density at radius 3 is 2.77 bits per heavy atom. The lowest BCUT2D eigenvalue weighted by Crippen LogP contribution is -2.35. The average molecular weight is 423 g/mol. The van der Waals surface area contributed by atoms with Gasteiger partial charge >= 0.3 is 0 Å². The molecule has 156 valence electrons. The number of para-hydroxylation sites is 2. The number of carbonyl (C=O) groups is 2. The Kier molecular flexibility index (Phi) is 5.06. The maximum atomic E-state index is 12.8. The Labute approximate surface area is 179 Å². The number of hydrogen-bond donors (Lipinski definition) is 2.